The first-order chi connectivity index (χ1) is 12.6. The number of likely N-dealkylation sites (tertiary alicyclic amines) is 1. The predicted octanol–water partition coefficient (Wildman–Crippen LogP) is 4.32. The highest BCUT2D eigenvalue weighted by Crippen LogP contribution is 2.24. The van der Waals surface area contributed by atoms with Gasteiger partial charge in [0.25, 0.3) is 5.91 Å². The van der Waals surface area contributed by atoms with Gasteiger partial charge in [0.1, 0.15) is 11.6 Å². The molecule has 0 radical (unpaired) electrons. The molecule has 0 aromatic heterocycles. The SMILES string of the molecule is N#Cc1ccccc1C(=O)N1CCC[C@@H](CCc2ccc(F)cc2F)C1. The van der Waals surface area contributed by atoms with Crippen molar-refractivity contribution in [3.05, 3.63) is 70.8 Å². The molecule has 2 aromatic carbocycles. The van der Waals surface area contributed by atoms with Gasteiger partial charge in [0, 0.05) is 19.2 Å². The summed E-state index contributed by atoms with van der Waals surface area (Å²) in [6.07, 6.45) is 3.13. The topological polar surface area (TPSA) is 44.1 Å². The number of rotatable bonds is 4. The van der Waals surface area contributed by atoms with E-state index in [9.17, 15) is 18.8 Å². The molecule has 0 aliphatic carbocycles. The van der Waals surface area contributed by atoms with Crippen LogP contribution in [0.4, 0.5) is 8.78 Å². The van der Waals surface area contributed by atoms with E-state index in [-0.39, 0.29) is 11.8 Å². The van der Waals surface area contributed by atoms with Crippen LogP contribution in [0.25, 0.3) is 0 Å². The second-order valence-electron chi connectivity index (χ2n) is 6.69. The van der Waals surface area contributed by atoms with E-state index in [1.165, 1.54) is 12.1 Å². The van der Waals surface area contributed by atoms with E-state index in [1.807, 2.05) is 0 Å². The summed E-state index contributed by atoms with van der Waals surface area (Å²) in [6, 6.07) is 12.6. The number of hydrogen-bond donors (Lipinski definition) is 0. The van der Waals surface area contributed by atoms with Gasteiger partial charge in [0.15, 0.2) is 0 Å². The normalized spacial score (nSPS) is 17.0. The van der Waals surface area contributed by atoms with Crippen molar-refractivity contribution in [1.29, 1.82) is 5.26 Å². The lowest BCUT2D eigenvalue weighted by molar-refractivity contribution is 0.0668. The van der Waals surface area contributed by atoms with Gasteiger partial charge in [-0.25, -0.2) is 8.78 Å². The molecule has 3 nitrogen and oxygen atoms in total. The van der Waals surface area contributed by atoms with Gasteiger partial charge in [0.2, 0.25) is 0 Å². The largest absolute Gasteiger partial charge is 0.338 e. The number of hydrogen-bond acceptors (Lipinski definition) is 2. The third-order valence-corrected chi connectivity index (χ3v) is 4.92. The Labute approximate surface area is 151 Å². The highest BCUT2D eigenvalue weighted by molar-refractivity contribution is 5.96. The molecule has 134 valence electrons. The number of carbonyl (C=O) groups excluding carboxylic acids is 1. The summed E-state index contributed by atoms with van der Waals surface area (Å²) in [7, 11) is 0. The Morgan fingerprint density at radius 3 is 2.81 bits per heavy atom. The Hall–Kier alpha value is -2.74. The van der Waals surface area contributed by atoms with Crippen LogP contribution in [-0.2, 0) is 6.42 Å². The number of benzene rings is 2. The number of nitrogens with zero attached hydrogens (tertiary/aromatic N) is 2. The maximum Gasteiger partial charge on any atom is 0.255 e. The lowest BCUT2D eigenvalue weighted by Crippen LogP contribution is -2.40. The highest BCUT2D eigenvalue weighted by Gasteiger charge is 2.25. The average molecular weight is 354 g/mol. The molecule has 1 amide bonds. The van der Waals surface area contributed by atoms with Crippen LogP contribution in [0.5, 0.6) is 0 Å². The van der Waals surface area contributed by atoms with Gasteiger partial charge >= 0.3 is 0 Å². The minimum atomic E-state index is -0.572. The van der Waals surface area contributed by atoms with E-state index in [2.05, 4.69) is 6.07 Å². The number of nitriles is 1. The van der Waals surface area contributed by atoms with Crippen LogP contribution < -0.4 is 0 Å². The molecule has 1 heterocycles. The van der Waals surface area contributed by atoms with Gasteiger partial charge in [-0.2, -0.15) is 5.26 Å². The first-order valence-corrected chi connectivity index (χ1v) is 8.81. The Morgan fingerprint density at radius 1 is 1.23 bits per heavy atom. The van der Waals surface area contributed by atoms with Crippen molar-refractivity contribution < 1.29 is 13.6 Å². The minimum absolute atomic E-state index is 0.125. The van der Waals surface area contributed by atoms with Crippen LogP contribution >= 0.6 is 0 Å². The fourth-order valence-electron chi connectivity index (χ4n) is 3.51. The molecular weight excluding hydrogens is 334 g/mol. The smallest absolute Gasteiger partial charge is 0.255 e. The summed E-state index contributed by atoms with van der Waals surface area (Å²) >= 11 is 0. The van der Waals surface area contributed by atoms with Crippen molar-refractivity contribution in [3.63, 3.8) is 0 Å². The van der Waals surface area contributed by atoms with E-state index in [4.69, 9.17) is 0 Å². The molecule has 1 aliphatic rings. The summed E-state index contributed by atoms with van der Waals surface area (Å²) < 4.78 is 26.8. The van der Waals surface area contributed by atoms with Gasteiger partial charge in [-0.05, 0) is 55.4 Å². The van der Waals surface area contributed by atoms with Crippen molar-refractivity contribution in [2.75, 3.05) is 13.1 Å². The van der Waals surface area contributed by atoms with Gasteiger partial charge in [-0.3, -0.25) is 4.79 Å². The summed E-state index contributed by atoms with van der Waals surface area (Å²) in [5.74, 6) is -0.945. The first kappa shape index (κ1) is 18.1. The molecule has 1 aliphatic heterocycles. The van der Waals surface area contributed by atoms with Gasteiger partial charge in [-0.1, -0.05) is 18.2 Å². The van der Waals surface area contributed by atoms with E-state index in [1.54, 1.807) is 29.2 Å². The summed E-state index contributed by atoms with van der Waals surface area (Å²) in [6.45, 7) is 1.27. The molecule has 0 bridgehead atoms. The second kappa shape index (κ2) is 8.09. The number of halogens is 2. The molecular formula is C21H20F2N2O. The third-order valence-electron chi connectivity index (χ3n) is 4.92. The fraction of sp³-hybridized carbons (Fsp3) is 0.333. The van der Waals surface area contributed by atoms with Crippen LogP contribution in [-0.4, -0.2) is 23.9 Å². The van der Waals surface area contributed by atoms with Crippen LogP contribution in [0.3, 0.4) is 0 Å². The Kier molecular flexibility index (Phi) is 5.62. The van der Waals surface area contributed by atoms with Crippen LogP contribution in [0.15, 0.2) is 42.5 Å². The summed E-state index contributed by atoms with van der Waals surface area (Å²) in [5, 5.41) is 9.19. The van der Waals surface area contributed by atoms with Gasteiger partial charge < -0.3 is 4.90 Å². The van der Waals surface area contributed by atoms with E-state index >= 15 is 0 Å². The van der Waals surface area contributed by atoms with Gasteiger partial charge in [-0.15, -0.1) is 0 Å². The lowest BCUT2D eigenvalue weighted by atomic mass is 9.91. The summed E-state index contributed by atoms with van der Waals surface area (Å²) in [4.78, 5) is 14.5. The zero-order valence-electron chi connectivity index (χ0n) is 14.4. The number of amides is 1. The van der Waals surface area contributed by atoms with Crippen LogP contribution in [0, 0.1) is 28.9 Å². The second-order valence-corrected chi connectivity index (χ2v) is 6.69. The molecule has 0 saturated carbocycles. The molecule has 2 aromatic rings. The molecule has 0 spiro atoms. The standard InChI is InChI=1S/C21H20F2N2O/c22-18-10-9-16(20(23)12-18)8-7-15-4-3-11-25(14-15)21(26)19-6-2-1-5-17(19)13-24/h1-2,5-6,9-10,12,15H,3-4,7-8,11,14H2/t15-/m0/s1. The van der Waals surface area contributed by atoms with Crippen LogP contribution in [0.1, 0.15) is 40.7 Å². The maximum absolute atomic E-state index is 13.8. The van der Waals surface area contributed by atoms with Crippen molar-refractivity contribution in [2.45, 2.75) is 25.7 Å². The minimum Gasteiger partial charge on any atom is -0.338 e. The van der Waals surface area contributed by atoms with Gasteiger partial charge in [0.05, 0.1) is 17.2 Å². The number of aryl methyl sites for hydroxylation is 1. The van der Waals surface area contributed by atoms with E-state index < -0.39 is 11.6 Å². The molecule has 1 fully saturated rings. The molecule has 0 unspecified atom stereocenters. The maximum atomic E-state index is 13.8. The third kappa shape index (κ3) is 4.08. The van der Waals surface area contributed by atoms with E-state index in [0.717, 1.165) is 25.3 Å². The Bertz CT molecular complexity index is 844. The average Bonchev–Trinajstić information content (AvgIpc) is 2.67. The predicted molar refractivity (Wildman–Crippen MR) is 94.5 cm³/mol. The fourth-order valence-corrected chi connectivity index (χ4v) is 3.51. The van der Waals surface area contributed by atoms with Crippen molar-refractivity contribution >= 4 is 5.91 Å². The molecule has 1 atom stereocenters. The molecule has 0 N–H and O–H groups in total. The summed E-state index contributed by atoms with van der Waals surface area (Å²) in [5.41, 5.74) is 1.32. The first-order valence-electron chi connectivity index (χ1n) is 8.81. The molecule has 5 heteroatoms. The zero-order chi connectivity index (χ0) is 18.5. The lowest BCUT2D eigenvalue weighted by Gasteiger charge is -2.33. The van der Waals surface area contributed by atoms with Crippen molar-refractivity contribution in [1.82, 2.24) is 4.90 Å². The van der Waals surface area contributed by atoms with Crippen LogP contribution in [0.2, 0.25) is 0 Å². The number of piperidine rings is 1. The van der Waals surface area contributed by atoms with E-state index in [0.29, 0.717) is 36.2 Å². The molecule has 1 saturated heterocycles. The molecule has 26 heavy (non-hydrogen) atoms. The molecule has 3 rings (SSSR count). The quantitative estimate of drug-likeness (QED) is 0.821. The number of carbonyl (C=O) groups is 1. The monoisotopic (exact) mass is 354 g/mol. The van der Waals surface area contributed by atoms with Crippen molar-refractivity contribution in [2.24, 2.45) is 5.92 Å². The van der Waals surface area contributed by atoms with Crippen molar-refractivity contribution in [3.8, 4) is 6.07 Å². The Morgan fingerprint density at radius 2 is 2.04 bits per heavy atom. The Balaban J connectivity index is 1.64. The zero-order valence-corrected chi connectivity index (χ0v) is 14.4. The highest BCUT2D eigenvalue weighted by atomic mass is 19.1.